The molecule has 1 fully saturated rings. The van der Waals surface area contributed by atoms with Crippen molar-refractivity contribution in [1.82, 2.24) is 0 Å². The first kappa shape index (κ1) is 17.5. The van der Waals surface area contributed by atoms with Gasteiger partial charge in [0.2, 0.25) is 0 Å². The van der Waals surface area contributed by atoms with Gasteiger partial charge in [-0.2, -0.15) is 0 Å². The van der Waals surface area contributed by atoms with Crippen molar-refractivity contribution in [1.29, 1.82) is 0 Å². The molecular weight excluding hydrogens is 332 g/mol. The lowest BCUT2D eigenvalue weighted by molar-refractivity contribution is -0.116. The zero-order chi connectivity index (χ0) is 17.8. The summed E-state index contributed by atoms with van der Waals surface area (Å²) in [6, 6.07) is 15.5. The molecule has 0 spiro atoms. The zero-order valence-corrected chi connectivity index (χ0v) is 15.3. The number of rotatable bonds is 6. The van der Waals surface area contributed by atoms with Gasteiger partial charge in [-0.25, -0.2) is 4.90 Å². The van der Waals surface area contributed by atoms with E-state index in [1.807, 2.05) is 31.2 Å². The molecule has 1 aliphatic rings. The van der Waals surface area contributed by atoms with Crippen molar-refractivity contribution in [3.8, 4) is 0 Å². The van der Waals surface area contributed by atoms with Crippen LogP contribution in [0, 0.1) is 6.92 Å². The molecule has 0 aromatic heterocycles. The Labute approximate surface area is 152 Å². The molecule has 2 aromatic rings. The summed E-state index contributed by atoms with van der Waals surface area (Å²) in [5.74, 6) is -0.228. The molecule has 1 N–H and O–H groups in total. The minimum Gasteiger partial charge on any atom is -0.365 e. The second-order valence-corrected chi connectivity index (χ2v) is 7.27. The van der Waals surface area contributed by atoms with Crippen LogP contribution in [-0.4, -0.2) is 16.5 Å². The summed E-state index contributed by atoms with van der Waals surface area (Å²) in [7, 11) is 0. The van der Waals surface area contributed by atoms with Crippen LogP contribution in [0.4, 0.5) is 16.2 Å². The number of amides is 2. The number of imide groups is 1. The fourth-order valence-electron chi connectivity index (χ4n) is 2.73. The average Bonchev–Trinajstić information content (AvgIpc) is 2.89. The first-order chi connectivity index (χ1) is 12.1. The Morgan fingerprint density at radius 1 is 1.04 bits per heavy atom. The third kappa shape index (κ3) is 4.04. The lowest BCUT2D eigenvalue weighted by atomic mass is 10.1. The molecule has 2 aromatic carbocycles. The summed E-state index contributed by atoms with van der Waals surface area (Å²) in [6.07, 6.45) is 3.40. The highest BCUT2D eigenvalue weighted by molar-refractivity contribution is 8.16. The molecule has 1 aliphatic heterocycles. The Kier molecular flexibility index (Phi) is 5.43. The molecule has 2 amide bonds. The van der Waals surface area contributed by atoms with Crippen LogP contribution in [0.3, 0.4) is 0 Å². The van der Waals surface area contributed by atoms with E-state index in [0.717, 1.165) is 29.4 Å². The number of carbonyl (C=O) groups excluding carboxylic acids is 2. The number of aryl methyl sites for hydroxylation is 2. The molecule has 1 atom stereocenters. The van der Waals surface area contributed by atoms with E-state index in [9.17, 15) is 9.59 Å². The summed E-state index contributed by atoms with van der Waals surface area (Å²) in [5.41, 5.74) is 3.85. The van der Waals surface area contributed by atoms with Crippen molar-refractivity contribution >= 4 is 34.3 Å². The molecule has 25 heavy (non-hydrogen) atoms. The quantitative estimate of drug-likeness (QED) is 0.795. The number of nitrogens with zero attached hydrogens (tertiary/aromatic N) is 1. The highest BCUT2D eigenvalue weighted by Gasteiger charge is 2.40. The van der Waals surface area contributed by atoms with Crippen molar-refractivity contribution < 1.29 is 9.59 Å². The Balaban J connectivity index is 1.68. The van der Waals surface area contributed by atoms with Crippen molar-refractivity contribution in [3.05, 3.63) is 59.7 Å². The molecule has 5 heteroatoms. The van der Waals surface area contributed by atoms with Gasteiger partial charge in [0, 0.05) is 5.69 Å². The van der Waals surface area contributed by atoms with Crippen molar-refractivity contribution in [2.24, 2.45) is 0 Å². The first-order valence-corrected chi connectivity index (χ1v) is 9.43. The number of nitrogens with one attached hydrogen (secondary N) is 1. The molecule has 1 heterocycles. The van der Waals surface area contributed by atoms with E-state index in [1.54, 1.807) is 12.1 Å². The van der Waals surface area contributed by atoms with Gasteiger partial charge in [0.1, 0.15) is 0 Å². The fraction of sp³-hybridized carbons (Fsp3) is 0.300. The van der Waals surface area contributed by atoms with Crippen LogP contribution in [0.5, 0.6) is 0 Å². The maximum Gasteiger partial charge on any atom is 0.295 e. The standard InChI is InChI=1S/C20H22N2O2S/c1-3-4-5-15-8-10-16(11-9-15)21-18-19(23)22(20(24)25-18)17-12-6-14(2)7-13-17/h6-13,18,21H,3-5H2,1-2H3. The van der Waals surface area contributed by atoms with E-state index in [-0.39, 0.29) is 11.1 Å². The molecule has 1 saturated heterocycles. The van der Waals surface area contributed by atoms with Gasteiger partial charge in [0.05, 0.1) is 5.69 Å². The highest BCUT2D eigenvalue weighted by atomic mass is 32.2. The van der Waals surface area contributed by atoms with Gasteiger partial charge < -0.3 is 5.32 Å². The second-order valence-electron chi connectivity index (χ2n) is 6.22. The number of benzene rings is 2. The third-order valence-electron chi connectivity index (χ3n) is 4.21. The fourth-order valence-corrected chi connectivity index (χ4v) is 3.63. The second kappa shape index (κ2) is 7.74. The monoisotopic (exact) mass is 354 g/mol. The number of carbonyl (C=O) groups is 2. The van der Waals surface area contributed by atoms with Crippen molar-refractivity contribution in [3.63, 3.8) is 0 Å². The SMILES string of the molecule is CCCCc1ccc(NC2SC(=O)N(c3ccc(C)cc3)C2=O)cc1. The van der Waals surface area contributed by atoms with Crippen LogP contribution >= 0.6 is 11.8 Å². The minimum absolute atomic E-state index is 0.228. The van der Waals surface area contributed by atoms with E-state index in [1.165, 1.54) is 23.3 Å². The molecular formula is C20H22N2O2S. The third-order valence-corrected chi connectivity index (χ3v) is 5.15. The topological polar surface area (TPSA) is 49.4 Å². The predicted molar refractivity (Wildman–Crippen MR) is 104 cm³/mol. The molecule has 0 bridgehead atoms. The summed E-state index contributed by atoms with van der Waals surface area (Å²) >= 11 is 1.02. The van der Waals surface area contributed by atoms with Gasteiger partial charge in [-0.15, -0.1) is 0 Å². The number of hydrogen-bond donors (Lipinski definition) is 1. The van der Waals surface area contributed by atoms with Gasteiger partial charge in [0.25, 0.3) is 11.1 Å². The number of thioether (sulfide) groups is 1. The summed E-state index contributed by atoms with van der Waals surface area (Å²) in [5, 5.41) is 2.33. The molecule has 4 nitrogen and oxygen atoms in total. The van der Waals surface area contributed by atoms with Gasteiger partial charge in [-0.1, -0.05) is 43.2 Å². The van der Waals surface area contributed by atoms with Gasteiger partial charge >= 0.3 is 0 Å². The maximum atomic E-state index is 12.6. The van der Waals surface area contributed by atoms with Crippen LogP contribution in [0.2, 0.25) is 0 Å². The summed E-state index contributed by atoms with van der Waals surface area (Å²) < 4.78 is 0. The van der Waals surface area contributed by atoms with Crippen LogP contribution in [0.25, 0.3) is 0 Å². The zero-order valence-electron chi connectivity index (χ0n) is 14.5. The highest BCUT2D eigenvalue weighted by Crippen LogP contribution is 2.32. The first-order valence-electron chi connectivity index (χ1n) is 8.55. The lowest BCUT2D eigenvalue weighted by Crippen LogP contribution is -2.34. The van der Waals surface area contributed by atoms with Crippen LogP contribution in [0.15, 0.2) is 48.5 Å². The Morgan fingerprint density at radius 3 is 2.36 bits per heavy atom. The van der Waals surface area contributed by atoms with Gasteiger partial charge in [-0.05, 0) is 61.4 Å². The number of hydrogen-bond acceptors (Lipinski definition) is 4. The summed E-state index contributed by atoms with van der Waals surface area (Å²) in [4.78, 5) is 26.2. The smallest absolute Gasteiger partial charge is 0.295 e. The molecule has 1 unspecified atom stereocenters. The van der Waals surface area contributed by atoms with E-state index < -0.39 is 5.37 Å². The predicted octanol–water partition coefficient (Wildman–Crippen LogP) is 4.98. The van der Waals surface area contributed by atoms with Crippen LogP contribution < -0.4 is 10.2 Å². The Hall–Kier alpha value is -2.27. The Bertz CT molecular complexity index is 756. The van der Waals surface area contributed by atoms with Crippen molar-refractivity contribution in [2.45, 2.75) is 38.5 Å². The molecule has 0 radical (unpaired) electrons. The Morgan fingerprint density at radius 2 is 1.72 bits per heavy atom. The van der Waals surface area contributed by atoms with Crippen LogP contribution in [0.1, 0.15) is 30.9 Å². The summed E-state index contributed by atoms with van der Waals surface area (Å²) in [6.45, 7) is 4.15. The van der Waals surface area contributed by atoms with Crippen molar-refractivity contribution in [2.75, 3.05) is 10.2 Å². The van der Waals surface area contributed by atoms with Crippen LogP contribution in [-0.2, 0) is 11.2 Å². The minimum atomic E-state index is -0.588. The normalized spacial score (nSPS) is 17.2. The molecule has 3 rings (SSSR count). The molecule has 0 aliphatic carbocycles. The number of anilines is 2. The van der Waals surface area contributed by atoms with E-state index in [2.05, 4.69) is 24.4 Å². The average molecular weight is 354 g/mol. The van der Waals surface area contributed by atoms with E-state index in [0.29, 0.717) is 5.69 Å². The van der Waals surface area contributed by atoms with E-state index >= 15 is 0 Å². The molecule has 0 saturated carbocycles. The largest absolute Gasteiger partial charge is 0.365 e. The maximum absolute atomic E-state index is 12.6. The molecule has 130 valence electrons. The van der Waals surface area contributed by atoms with Gasteiger partial charge in [-0.3, -0.25) is 9.59 Å². The lowest BCUT2D eigenvalue weighted by Gasteiger charge is -2.15. The van der Waals surface area contributed by atoms with E-state index in [4.69, 9.17) is 0 Å². The van der Waals surface area contributed by atoms with Gasteiger partial charge in [0.15, 0.2) is 5.37 Å². The number of unbranched alkanes of at least 4 members (excludes halogenated alkanes) is 1.